The smallest absolute Gasteiger partial charge is 0.258 e. The van der Waals surface area contributed by atoms with Crippen molar-refractivity contribution in [3.8, 4) is 11.6 Å². The number of amides is 1. The number of pyridine rings is 1. The summed E-state index contributed by atoms with van der Waals surface area (Å²) in [5.74, 6) is 1.02. The largest absolute Gasteiger partial charge is 0.484 e. The third kappa shape index (κ3) is 6.15. The van der Waals surface area contributed by atoms with Crippen molar-refractivity contribution >= 4 is 5.91 Å². The number of nitrogens with zero attached hydrogens (tertiary/aromatic N) is 1. The van der Waals surface area contributed by atoms with Crippen LogP contribution in [0.2, 0.25) is 0 Å². The summed E-state index contributed by atoms with van der Waals surface area (Å²) < 4.78 is 11.2. The van der Waals surface area contributed by atoms with Crippen molar-refractivity contribution in [1.29, 1.82) is 0 Å². The molecule has 138 valence electrons. The molecule has 1 amide bonds. The summed E-state index contributed by atoms with van der Waals surface area (Å²) in [5, 5.41) is 2.83. The number of rotatable bonds is 8. The second kappa shape index (κ2) is 9.38. The average Bonchev–Trinajstić information content (AvgIpc) is 2.71. The topological polar surface area (TPSA) is 60.5 Å². The van der Waals surface area contributed by atoms with Gasteiger partial charge in [-0.15, -0.1) is 0 Å². The van der Waals surface area contributed by atoms with E-state index in [4.69, 9.17) is 9.47 Å². The molecule has 0 aliphatic heterocycles. The number of ether oxygens (including phenoxy) is 2. The summed E-state index contributed by atoms with van der Waals surface area (Å²) in [6.45, 7) is 2.82. The van der Waals surface area contributed by atoms with E-state index < -0.39 is 0 Å². The Balaban J connectivity index is 1.44. The summed E-state index contributed by atoms with van der Waals surface area (Å²) in [6, 6.07) is 21.2. The van der Waals surface area contributed by atoms with Crippen molar-refractivity contribution < 1.29 is 14.3 Å². The van der Waals surface area contributed by atoms with Crippen LogP contribution in [0.4, 0.5) is 0 Å². The Labute approximate surface area is 159 Å². The first kappa shape index (κ1) is 18.5. The van der Waals surface area contributed by atoms with Crippen molar-refractivity contribution in [2.45, 2.75) is 20.1 Å². The van der Waals surface area contributed by atoms with Crippen LogP contribution >= 0.6 is 0 Å². The Bertz CT molecular complexity index is 864. The minimum atomic E-state index is -0.181. The van der Waals surface area contributed by atoms with Gasteiger partial charge >= 0.3 is 0 Å². The zero-order chi connectivity index (χ0) is 18.9. The first-order valence-corrected chi connectivity index (χ1v) is 8.77. The lowest BCUT2D eigenvalue weighted by Gasteiger charge is -2.09. The van der Waals surface area contributed by atoms with Gasteiger partial charge in [0, 0.05) is 18.8 Å². The molecule has 0 fully saturated rings. The zero-order valence-electron chi connectivity index (χ0n) is 15.2. The standard InChI is InChI=1S/C22H22N2O3/c1-17-7-9-20(10-8-17)26-16-21(25)24-14-19-11-12-23-22(13-19)27-15-18-5-3-2-4-6-18/h2-13H,14-16H2,1H3,(H,24,25). The molecule has 0 aliphatic carbocycles. The Hall–Kier alpha value is -3.34. The third-order valence-electron chi connectivity index (χ3n) is 3.91. The van der Waals surface area contributed by atoms with Gasteiger partial charge in [-0.1, -0.05) is 48.0 Å². The number of carbonyl (C=O) groups is 1. The molecule has 0 unspecified atom stereocenters. The van der Waals surface area contributed by atoms with Gasteiger partial charge in [-0.3, -0.25) is 4.79 Å². The molecular formula is C22H22N2O3. The maximum atomic E-state index is 12.0. The van der Waals surface area contributed by atoms with Crippen molar-refractivity contribution in [3.05, 3.63) is 89.6 Å². The monoisotopic (exact) mass is 362 g/mol. The summed E-state index contributed by atoms with van der Waals surface area (Å²) in [4.78, 5) is 16.2. The van der Waals surface area contributed by atoms with E-state index in [-0.39, 0.29) is 12.5 Å². The summed E-state index contributed by atoms with van der Waals surface area (Å²) in [5.41, 5.74) is 3.14. The van der Waals surface area contributed by atoms with Gasteiger partial charge in [0.2, 0.25) is 5.88 Å². The van der Waals surface area contributed by atoms with Gasteiger partial charge in [-0.05, 0) is 36.2 Å². The van der Waals surface area contributed by atoms with Crippen molar-refractivity contribution in [2.75, 3.05) is 6.61 Å². The molecule has 3 aromatic rings. The third-order valence-corrected chi connectivity index (χ3v) is 3.91. The number of benzene rings is 2. The predicted octanol–water partition coefficient (Wildman–Crippen LogP) is 3.66. The number of carbonyl (C=O) groups excluding carboxylic acids is 1. The number of hydrogen-bond acceptors (Lipinski definition) is 4. The van der Waals surface area contributed by atoms with Gasteiger partial charge in [0.25, 0.3) is 5.91 Å². The van der Waals surface area contributed by atoms with Crippen molar-refractivity contribution in [2.24, 2.45) is 0 Å². The van der Waals surface area contributed by atoms with Crippen LogP contribution in [0.15, 0.2) is 72.9 Å². The summed E-state index contributed by atoms with van der Waals surface area (Å²) in [6.07, 6.45) is 1.67. The molecule has 0 aliphatic rings. The molecule has 5 nitrogen and oxygen atoms in total. The molecule has 1 N–H and O–H groups in total. The van der Waals surface area contributed by atoms with Gasteiger partial charge in [0.05, 0.1) is 0 Å². The van der Waals surface area contributed by atoms with Gasteiger partial charge in [-0.2, -0.15) is 0 Å². The summed E-state index contributed by atoms with van der Waals surface area (Å²) in [7, 11) is 0. The van der Waals surface area contributed by atoms with Crippen LogP contribution in [0, 0.1) is 6.92 Å². The van der Waals surface area contributed by atoms with Crippen LogP contribution in [0.5, 0.6) is 11.6 Å². The lowest BCUT2D eigenvalue weighted by molar-refractivity contribution is -0.123. The first-order valence-electron chi connectivity index (χ1n) is 8.77. The van der Waals surface area contributed by atoms with Crippen LogP contribution in [0.1, 0.15) is 16.7 Å². The molecule has 1 aromatic heterocycles. The number of hydrogen-bond donors (Lipinski definition) is 1. The fourth-order valence-corrected chi connectivity index (χ4v) is 2.41. The van der Waals surface area contributed by atoms with E-state index in [0.717, 1.165) is 16.7 Å². The lowest BCUT2D eigenvalue weighted by Crippen LogP contribution is -2.28. The van der Waals surface area contributed by atoms with Crippen LogP contribution in [0.25, 0.3) is 0 Å². The Morgan fingerprint density at radius 1 is 0.963 bits per heavy atom. The predicted molar refractivity (Wildman–Crippen MR) is 104 cm³/mol. The number of aromatic nitrogens is 1. The average molecular weight is 362 g/mol. The quantitative estimate of drug-likeness (QED) is 0.664. The molecule has 0 saturated heterocycles. The van der Waals surface area contributed by atoms with E-state index in [9.17, 15) is 4.79 Å². The molecule has 0 radical (unpaired) electrons. The highest BCUT2D eigenvalue weighted by atomic mass is 16.5. The van der Waals surface area contributed by atoms with E-state index in [1.807, 2.05) is 73.7 Å². The molecular weight excluding hydrogens is 340 g/mol. The molecule has 3 rings (SSSR count). The van der Waals surface area contributed by atoms with Gasteiger partial charge < -0.3 is 14.8 Å². The molecule has 1 heterocycles. The second-order valence-corrected chi connectivity index (χ2v) is 6.16. The van der Waals surface area contributed by atoms with E-state index >= 15 is 0 Å². The zero-order valence-corrected chi connectivity index (χ0v) is 15.2. The van der Waals surface area contributed by atoms with Crippen molar-refractivity contribution in [1.82, 2.24) is 10.3 Å². The van der Waals surface area contributed by atoms with Crippen LogP contribution < -0.4 is 14.8 Å². The van der Waals surface area contributed by atoms with Crippen molar-refractivity contribution in [3.63, 3.8) is 0 Å². The van der Waals surface area contributed by atoms with E-state index in [0.29, 0.717) is 24.8 Å². The van der Waals surface area contributed by atoms with Gasteiger partial charge in [-0.25, -0.2) is 4.98 Å². The minimum absolute atomic E-state index is 0.0223. The highest BCUT2D eigenvalue weighted by Gasteiger charge is 2.05. The maximum absolute atomic E-state index is 12.0. The summed E-state index contributed by atoms with van der Waals surface area (Å²) >= 11 is 0. The van der Waals surface area contributed by atoms with E-state index in [1.54, 1.807) is 6.20 Å². The fourth-order valence-electron chi connectivity index (χ4n) is 2.41. The highest BCUT2D eigenvalue weighted by Crippen LogP contribution is 2.12. The molecule has 27 heavy (non-hydrogen) atoms. The SMILES string of the molecule is Cc1ccc(OCC(=O)NCc2ccnc(OCc3ccccc3)c2)cc1. The number of nitrogens with one attached hydrogen (secondary N) is 1. The molecule has 0 bridgehead atoms. The normalized spacial score (nSPS) is 10.3. The van der Waals surface area contributed by atoms with Gasteiger partial charge in [0.1, 0.15) is 12.4 Å². The Morgan fingerprint density at radius 2 is 1.74 bits per heavy atom. The fraction of sp³-hybridized carbons (Fsp3) is 0.182. The molecule has 2 aromatic carbocycles. The Kier molecular flexibility index (Phi) is 6.41. The van der Waals surface area contributed by atoms with E-state index in [1.165, 1.54) is 0 Å². The highest BCUT2D eigenvalue weighted by molar-refractivity contribution is 5.77. The first-order chi connectivity index (χ1) is 13.2. The van der Waals surface area contributed by atoms with E-state index in [2.05, 4.69) is 10.3 Å². The maximum Gasteiger partial charge on any atom is 0.258 e. The molecule has 5 heteroatoms. The molecule has 0 spiro atoms. The van der Waals surface area contributed by atoms with Crippen LogP contribution in [-0.4, -0.2) is 17.5 Å². The lowest BCUT2D eigenvalue weighted by atomic mass is 10.2. The van der Waals surface area contributed by atoms with Crippen LogP contribution in [-0.2, 0) is 17.9 Å². The molecule has 0 saturated carbocycles. The molecule has 0 atom stereocenters. The minimum Gasteiger partial charge on any atom is -0.484 e. The van der Waals surface area contributed by atoms with Gasteiger partial charge in [0.15, 0.2) is 6.61 Å². The Morgan fingerprint density at radius 3 is 2.52 bits per heavy atom. The number of aryl methyl sites for hydroxylation is 1. The second-order valence-electron chi connectivity index (χ2n) is 6.16. The van der Waals surface area contributed by atoms with Crippen LogP contribution in [0.3, 0.4) is 0 Å².